The summed E-state index contributed by atoms with van der Waals surface area (Å²) in [4.78, 5) is 0. The van der Waals surface area contributed by atoms with Gasteiger partial charge in [-0.2, -0.15) is 0 Å². The van der Waals surface area contributed by atoms with Gasteiger partial charge in [0.1, 0.15) is 0 Å². The van der Waals surface area contributed by atoms with Gasteiger partial charge >= 0.3 is 0 Å². The summed E-state index contributed by atoms with van der Waals surface area (Å²) in [5.41, 5.74) is -0.212. The molecule has 0 saturated carbocycles. The summed E-state index contributed by atoms with van der Waals surface area (Å²) in [5.74, 6) is 0. The van der Waals surface area contributed by atoms with E-state index in [1.54, 1.807) is 0 Å². The third kappa shape index (κ3) is 9.09. The largest absolute Gasteiger partial charge is 0.396 e. The molecule has 0 fully saturated rings. The number of aliphatic hydroxyl groups excluding tert-OH is 2. The second-order valence-electron chi connectivity index (χ2n) is 5.10. The van der Waals surface area contributed by atoms with E-state index in [1.165, 1.54) is 0 Å². The number of ether oxygens (including phenoxy) is 1. The molecule has 4 nitrogen and oxygen atoms in total. The van der Waals surface area contributed by atoms with Gasteiger partial charge in [0, 0.05) is 19.2 Å². The maximum Gasteiger partial charge on any atom is 0.0898 e. The van der Waals surface area contributed by atoms with E-state index in [4.69, 9.17) is 9.84 Å². The Balaban J connectivity index is 3.66. The Kier molecular flexibility index (Phi) is 7.93. The number of hydrogen-bond acceptors (Lipinski definition) is 4. The topological polar surface area (TPSA) is 61.7 Å². The quantitative estimate of drug-likeness (QED) is 0.583. The molecule has 0 spiro atoms. The van der Waals surface area contributed by atoms with Gasteiger partial charge < -0.3 is 20.3 Å². The minimum Gasteiger partial charge on any atom is -0.396 e. The second-order valence-corrected chi connectivity index (χ2v) is 5.10. The average molecular weight is 233 g/mol. The van der Waals surface area contributed by atoms with E-state index in [1.807, 2.05) is 20.8 Å². The minimum absolute atomic E-state index is 0.181. The van der Waals surface area contributed by atoms with Crippen LogP contribution in [-0.2, 0) is 4.74 Å². The van der Waals surface area contributed by atoms with Crippen LogP contribution in [0, 0.1) is 0 Å². The van der Waals surface area contributed by atoms with Crippen LogP contribution in [0.4, 0.5) is 0 Å². The van der Waals surface area contributed by atoms with E-state index in [-0.39, 0.29) is 18.2 Å². The maximum atomic E-state index is 9.68. The van der Waals surface area contributed by atoms with Crippen LogP contribution >= 0.6 is 0 Å². The van der Waals surface area contributed by atoms with E-state index in [9.17, 15) is 5.11 Å². The van der Waals surface area contributed by atoms with Crippen molar-refractivity contribution in [3.63, 3.8) is 0 Å². The van der Waals surface area contributed by atoms with Crippen LogP contribution in [0.5, 0.6) is 0 Å². The van der Waals surface area contributed by atoms with Gasteiger partial charge in [0.25, 0.3) is 0 Å². The van der Waals surface area contributed by atoms with Crippen molar-refractivity contribution < 1.29 is 14.9 Å². The van der Waals surface area contributed by atoms with Crippen LogP contribution in [0.3, 0.4) is 0 Å². The molecule has 3 N–H and O–H groups in total. The molecule has 0 heterocycles. The summed E-state index contributed by atoms with van der Waals surface area (Å²) in [7, 11) is 0. The number of aliphatic hydroxyl groups is 2. The van der Waals surface area contributed by atoms with Crippen molar-refractivity contribution in [2.45, 2.75) is 58.3 Å². The lowest BCUT2D eigenvalue weighted by Crippen LogP contribution is -2.39. The van der Waals surface area contributed by atoms with Crippen LogP contribution < -0.4 is 5.32 Å². The van der Waals surface area contributed by atoms with E-state index >= 15 is 0 Å². The molecule has 0 aromatic carbocycles. The van der Waals surface area contributed by atoms with Crippen molar-refractivity contribution in [2.75, 3.05) is 19.8 Å². The molecular weight excluding hydrogens is 206 g/mol. The zero-order chi connectivity index (χ0) is 12.6. The predicted molar refractivity (Wildman–Crippen MR) is 65.5 cm³/mol. The van der Waals surface area contributed by atoms with E-state index in [0.717, 1.165) is 12.8 Å². The molecule has 4 heteroatoms. The van der Waals surface area contributed by atoms with Crippen molar-refractivity contribution in [1.82, 2.24) is 5.32 Å². The van der Waals surface area contributed by atoms with Crippen LogP contribution in [0.15, 0.2) is 0 Å². The van der Waals surface area contributed by atoms with E-state index in [2.05, 4.69) is 12.2 Å². The summed E-state index contributed by atoms with van der Waals surface area (Å²) in [6.07, 6.45) is 1.18. The molecule has 0 saturated heterocycles. The zero-order valence-electron chi connectivity index (χ0n) is 11.0. The van der Waals surface area contributed by atoms with Crippen LogP contribution in [0.25, 0.3) is 0 Å². The Labute approximate surface area is 99.0 Å². The van der Waals surface area contributed by atoms with E-state index in [0.29, 0.717) is 13.2 Å². The Morgan fingerprint density at radius 3 is 2.38 bits per heavy atom. The normalized spacial score (nSPS) is 16.1. The summed E-state index contributed by atoms with van der Waals surface area (Å²) in [6.45, 7) is 8.99. The molecule has 0 aromatic rings. The molecular formula is C12H27NO3. The molecule has 0 bridgehead atoms. The highest BCUT2D eigenvalue weighted by Gasteiger charge is 2.14. The molecule has 0 amide bonds. The van der Waals surface area contributed by atoms with Gasteiger partial charge in [-0.15, -0.1) is 0 Å². The van der Waals surface area contributed by atoms with Gasteiger partial charge in [-0.1, -0.05) is 6.92 Å². The summed E-state index contributed by atoms with van der Waals surface area (Å²) in [6, 6.07) is 0.272. The highest BCUT2D eigenvalue weighted by Crippen LogP contribution is 2.07. The Morgan fingerprint density at radius 2 is 1.94 bits per heavy atom. The van der Waals surface area contributed by atoms with Crippen molar-refractivity contribution in [2.24, 2.45) is 0 Å². The number of hydrogen-bond donors (Lipinski definition) is 3. The number of nitrogens with one attached hydrogen (secondary N) is 1. The van der Waals surface area contributed by atoms with Gasteiger partial charge in [-0.05, 0) is 33.6 Å². The summed E-state index contributed by atoms with van der Waals surface area (Å²) >= 11 is 0. The van der Waals surface area contributed by atoms with Gasteiger partial charge in [-0.3, -0.25) is 0 Å². The predicted octanol–water partition coefficient (Wildman–Crippen LogP) is 0.913. The first kappa shape index (κ1) is 15.8. The van der Waals surface area contributed by atoms with Gasteiger partial charge in [0.05, 0.1) is 18.3 Å². The lowest BCUT2D eigenvalue weighted by Gasteiger charge is -2.23. The van der Waals surface area contributed by atoms with E-state index < -0.39 is 6.10 Å². The molecule has 2 atom stereocenters. The fourth-order valence-electron chi connectivity index (χ4n) is 1.31. The van der Waals surface area contributed by atoms with Gasteiger partial charge in [0.2, 0.25) is 0 Å². The lowest BCUT2D eigenvalue weighted by atomic mass is 10.1. The third-order valence-electron chi connectivity index (χ3n) is 2.32. The maximum absolute atomic E-state index is 9.68. The fourth-order valence-corrected chi connectivity index (χ4v) is 1.31. The zero-order valence-corrected chi connectivity index (χ0v) is 11.0. The molecule has 0 aliphatic carbocycles. The first-order valence-corrected chi connectivity index (χ1v) is 6.05. The van der Waals surface area contributed by atoms with Crippen LogP contribution in [0.2, 0.25) is 0 Å². The van der Waals surface area contributed by atoms with Gasteiger partial charge in [-0.25, -0.2) is 0 Å². The molecule has 0 aliphatic rings. The first-order chi connectivity index (χ1) is 7.39. The highest BCUT2D eigenvalue weighted by molar-refractivity contribution is 4.69. The summed E-state index contributed by atoms with van der Waals surface area (Å²) in [5, 5.41) is 21.7. The van der Waals surface area contributed by atoms with Gasteiger partial charge in [0.15, 0.2) is 0 Å². The smallest absolute Gasteiger partial charge is 0.0898 e. The van der Waals surface area contributed by atoms with Crippen molar-refractivity contribution in [1.29, 1.82) is 0 Å². The molecule has 0 aromatic heterocycles. The Hall–Kier alpha value is -0.160. The Bertz CT molecular complexity index is 168. The number of rotatable bonds is 8. The standard InChI is InChI=1S/C12H27NO3/c1-5-10(6-7-14)13-8-11(15)9-16-12(2,3)4/h10-11,13-15H,5-9H2,1-4H3. The lowest BCUT2D eigenvalue weighted by molar-refractivity contribution is -0.0484. The van der Waals surface area contributed by atoms with Crippen molar-refractivity contribution >= 4 is 0 Å². The molecule has 98 valence electrons. The molecule has 16 heavy (non-hydrogen) atoms. The second kappa shape index (κ2) is 8.01. The first-order valence-electron chi connectivity index (χ1n) is 6.05. The molecule has 0 radical (unpaired) electrons. The highest BCUT2D eigenvalue weighted by atomic mass is 16.5. The van der Waals surface area contributed by atoms with Crippen LogP contribution in [0.1, 0.15) is 40.5 Å². The van der Waals surface area contributed by atoms with Crippen LogP contribution in [-0.4, -0.2) is 47.7 Å². The monoisotopic (exact) mass is 233 g/mol. The minimum atomic E-state index is -0.494. The average Bonchev–Trinajstić information content (AvgIpc) is 2.20. The fraction of sp³-hybridized carbons (Fsp3) is 1.00. The third-order valence-corrected chi connectivity index (χ3v) is 2.32. The van der Waals surface area contributed by atoms with Crippen molar-refractivity contribution in [3.8, 4) is 0 Å². The molecule has 2 unspecified atom stereocenters. The molecule has 0 aliphatic heterocycles. The molecule has 0 rings (SSSR count). The Morgan fingerprint density at radius 1 is 1.31 bits per heavy atom. The SMILES string of the molecule is CCC(CCO)NCC(O)COC(C)(C)C. The summed E-state index contributed by atoms with van der Waals surface area (Å²) < 4.78 is 5.48. The van der Waals surface area contributed by atoms with Crippen molar-refractivity contribution in [3.05, 3.63) is 0 Å².